The van der Waals surface area contributed by atoms with Gasteiger partial charge in [-0.3, -0.25) is 0 Å². The van der Waals surface area contributed by atoms with Crippen LogP contribution in [0.4, 0.5) is 0 Å². The number of hydrogen-bond donors (Lipinski definition) is 2. The molecule has 0 saturated heterocycles. The number of rotatable bonds is 7. The Kier molecular flexibility index (Phi) is 6.52. The smallest absolute Gasteiger partial charge is 0.180 e. The summed E-state index contributed by atoms with van der Waals surface area (Å²) in [5.41, 5.74) is 2.60. The van der Waals surface area contributed by atoms with E-state index in [9.17, 15) is 13.5 Å². The van der Waals surface area contributed by atoms with Crippen LogP contribution in [0.5, 0.6) is 5.75 Å². The molecule has 2 atom stereocenters. The summed E-state index contributed by atoms with van der Waals surface area (Å²) in [6.07, 6.45) is 3.00. The van der Waals surface area contributed by atoms with Gasteiger partial charge in [-0.2, -0.15) is 0 Å². The van der Waals surface area contributed by atoms with Crippen LogP contribution in [0.1, 0.15) is 24.0 Å². The molecule has 0 amide bonds. The van der Waals surface area contributed by atoms with E-state index in [1.165, 1.54) is 11.1 Å². The fraction of sp³-hybridized carbons (Fsp3) is 0.429. The Balaban J connectivity index is 1.57. The van der Waals surface area contributed by atoms with Crippen LogP contribution in [0.15, 0.2) is 53.4 Å². The van der Waals surface area contributed by atoms with Crippen molar-refractivity contribution < 1.29 is 18.3 Å². The van der Waals surface area contributed by atoms with E-state index >= 15 is 0 Å². The van der Waals surface area contributed by atoms with Gasteiger partial charge in [0.2, 0.25) is 0 Å². The zero-order chi connectivity index (χ0) is 19.3. The first-order valence-corrected chi connectivity index (χ1v) is 11.0. The molecule has 6 heteroatoms. The molecular formula is C21H27NO4S. The molecule has 0 spiro atoms. The van der Waals surface area contributed by atoms with Gasteiger partial charge < -0.3 is 15.2 Å². The second-order valence-electron chi connectivity index (χ2n) is 7.08. The van der Waals surface area contributed by atoms with Gasteiger partial charge in [0.25, 0.3) is 0 Å². The number of fused-ring (bicyclic) bond motifs is 1. The standard InChI is InChI=1S/C21H27NO4S/c1-26-20-11-10-16-6-5-7-18(12-17(16)13-20)22-14-19(23)15-27(24,25)21-8-3-2-4-9-21/h2-4,8-11,13,18-19,22-23H,5-7,12,14-15H2,1H3/t18?,19-/m0/s1. The molecule has 0 saturated carbocycles. The fourth-order valence-electron chi connectivity index (χ4n) is 3.58. The zero-order valence-electron chi connectivity index (χ0n) is 15.6. The topological polar surface area (TPSA) is 75.6 Å². The number of sulfone groups is 1. The summed E-state index contributed by atoms with van der Waals surface area (Å²) in [7, 11) is -1.82. The molecule has 0 fully saturated rings. The first-order valence-electron chi connectivity index (χ1n) is 9.33. The average molecular weight is 390 g/mol. The van der Waals surface area contributed by atoms with Gasteiger partial charge in [0.15, 0.2) is 9.84 Å². The van der Waals surface area contributed by atoms with Crippen molar-refractivity contribution in [2.75, 3.05) is 19.4 Å². The summed E-state index contributed by atoms with van der Waals surface area (Å²) < 4.78 is 30.1. The van der Waals surface area contributed by atoms with E-state index in [1.54, 1.807) is 37.4 Å². The number of aryl methyl sites for hydroxylation is 1. The number of hydrogen-bond acceptors (Lipinski definition) is 5. The maximum absolute atomic E-state index is 12.4. The number of ether oxygens (including phenoxy) is 1. The third-order valence-corrected chi connectivity index (χ3v) is 6.85. The van der Waals surface area contributed by atoms with Gasteiger partial charge >= 0.3 is 0 Å². The Morgan fingerprint density at radius 3 is 2.70 bits per heavy atom. The van der Waals surface area contributed by atoms with Crippen molar-refractivity contribution in [1.29, 1.82) is 0 Å². The summed E-state index contributed by atoms with van der Waals surface area (Å²) >= 11 is 0. The molecule has 0 heterocycles. The summed E-state index contributed by atoms with van der Waals surface area (Å²) in [6, 6.07) is 14.7. The Morgan fingerprint density at radius 1 is 1.19 bits per heavy atom. The highest BCUT2D eigenvalue weighted by Crippen LogP contribution is 2.25. The zero-order valence-corrected chi connectivity index (χ0v) is 16.4. The monoisotopic (exact) mass is 389 g/mol. The van der Waals surface area contributed by atoms with E-state index in [1.807, 2.05) is 6.07 Å². The highest BCUT2D eigenvalue weighted by atomic mass is 32.2. The largest absolute Gasteiger partial charge is 0.497 e. The van der Waals surface area contributed by atoms with Crippen LogP contribution in [-0.4, -0.2) is 45.1 Å². The molecular weight excluding hydrogens is 362 g/mol. The lowest BCUT2D eigenvalue weighted by Crippen LogP contribution is -2.39. The van der Waals surface area contributed by atoms with E-state index in [2.05, 4.69) is 17.4 Å². The highest BCUT2D eigenvalue weighted by molar-refractivity contribution is 7.91. The van der Waals surface area contributed by atoms with Gasteiger partial charge in [-0.15, -0.1) is 0 Å². The molecule has 1 aliphatic carbocycles. The molecule has 0 aromatic heterocycles. The van der Waals surface area contributed by atoms with Crippen molar-refractivity contribution in [1.82, 2.24) is 5.32 Å². The molecule has 0 aliphatic heterocycles. The molecule has 2 N–H and O–H groups in total. The maximum atomic E-state index is 12.4. The molecule has 1 aliphatic rings. The quantitative estimate of drug-likeness (QED) is 0.711. The first kappa shape index (κ1) is 19.9. The van der Waals surface area contributed by atoms with Crippen LogP contribution in [0, 0.1) is 0 Å². The van der Waals surface area contributed by atoms with E-state index in [0.29, 0.717) is 0 Å². The molecule has 2 aromatic carbocycles. The van der Waals surface area contributed by atoms with Crippen molar-refractivity contribution >= 4 is 9.84 Å². The van der Waals surface area contributed by atoms with Crippen molar-refractivity contribution in [2.45, 2.75) is 42.7 Å². The fourth-order valence-corrected chi connectivity index (χ4v) is 4.97. The minimum atomic E-state index is -3.48. The van der Waals surface area contributed by atoms with E-state index < -0.39 is 15.9 Å². The molecule has 5 nitrogen and oxygen atoms in total. The summed E-state index contributed by atoms with van der Waals surface area (Å²) in [6.45, 7) is 0.260. The lowest BCUT2D eigenvalue weighted by atomic mass is 10.0. The van der Waals surface area contributed by atoms with Gasteiger partial charge in [-0.1, -0.05) is 24.3 Å². The van der Waals surface area contributed by atoms with Crippen molar-refractivity contribution in [3.8, 4) is 5.75 Å². The average Bonchev–Trinajstić information content (AvgIpc) is 2.88. The lowest BCUT2D eigenvalue weighted by Gasteiger charge is -2.20. The predicted molar refractivity (Wildman–Crippen MR) is 106 cm³/mol. The van der Waals surface area contributed by atoms with Crippen LogP contribution in [0.2, 0.25) is 0 Å². The third kappa shape index (κ3) is 5.31. The maximum Gasteiger partial charge on any atom is 0.180 e. The Morgan fingerprint density at radius 2 is 1.96 bits per heavy atom. The first-order chi connectivity index (χ1) is 13.0. The molecule has 0 radical (unpaired) electrons. The van der Waals surface area contributed by atoms with Gasteiger partial charge in [0.05, 0.1) is 23.9 Å². The summed E-state index contributed by atoms with van der Waals surface area (Å²) in [5.74, 6) is 0.574. The molecule has 1 unspecified atom stereocenters. The molecule has 146 valence electrons. The predicted octanol–water partition coefficient (Wildman–Crippen LogP) is 2.37. The third-order valence-electron chi connectivity index (χ3n) is 5.03. The van der Waals surface area contributed by atoms with Crippen LogP contribution in [0.3, 0.4) is 0 Å². The van der Waals surface area contributed by atoms with E-state index in [0.717, 1.165) is 31.4 Å². The normalized spacial score (nSPS) is 18.4. The van der Waals surface area contributed by atoms with Gasteiger partial charge in [-0.05, 0) is 61.1 Å². The number of nitrogens with one attached hydrogen (secondary N) is 1. The number of benzene rings is 2. The number of methoxy groups -OCH3 is 1. The lowest BCUT2D eigenvalue weighted by molar-refractivity contribution is 0.187. The Bertz CT molecular complexity index is 852. The molecule has 0 bridgehead atoms. The van der Waals surface area contributed by atoms with Crippen LogP contribution >= 0.6 is 0 Å². The minimum Gasteiger partial charge on any atom is -0.497 e. The van der Waals surface area contributed by atoms with Crippen LogP contribution < -0.4 is 10.1 Å². The van der Waals surface area contributed by atoms with E-state index in [-0.39, 0.29) is 23.2 Å². The van der Waals surface area contributed by atoms with Crippen LogP contribution in [0.25, 0.3) is 0 Å². The van der Waals surface area contributed by atoms with Gasteiger partial charge in [0.1, 0.15) is 5.75 Å². The Labute approximate surface area is 161 Å². The SMILES string of the molecule is COc1ccc2c(c1)CC(NC[C@H](O)CS(=O)(=O)c1ccccc1)CCC2. The Hall–Kier alpha value is -1.89. The second-order valence-corrected chi connectivity index (χ2v) is 9.12. The van der Waals surface area contributed by atoms with Gasteiger partial charge in [0, 0.05) is 12.6 Å². The van der Waals surface area contributed by atoms with E-state index in [4.69, 9.17) is 4.74 Å². The summed E-state index contributed by atoms with van der Waals surface area (Å²) in [4.78, 5) is 0.250. The number of aliphatic hydroxyl groups is 1. The van der Waals surface area contributed by atoms with Crippen molar-refractivity contribution in [2.24, 2.45) is 0 Å². The van der Waals surface area contributed by atoms with Gasteiger partial charge in [-0.25, -0.2) is 8.42 Å². The number of aliphatic hydroxyl groups excluding tert-OH is 1. The molecule has 3 rings (SSSR count). The summed E-state index contributed by atoms with van der Waals surface area (Å²) in [5, 5.41) is 13.6. The minimum absolute atomic E-state index is 0.215. The van der Waals surface area contributed by atoms with Crippen molar-refractivity contribution in [3.63, 3.8) is 0 Å². The van der Waals surface area contributed by atoms with Crippen LogP contribution in [-0.2, 0) is 22.7 Å². The van der Waals surface area contributed by atoms with Crippen molar-refractivity contribution in [3.05, 3.63) is 59.7 Å². The highest BCUT2D eigenvalue weighted by Gasteiger charge is 2.22. The molecule has 2 aromatic rings. The molecule has 27 heavy (non-hydrogen) atoms. The second kappa shape index (κ2) is 8.87.